The van der Waals surface area contributed by atoms with E-state index < -0.39 is 4.92 Å². The number of aromatic nitrogens is 4. The number of nitrogens with zero attached hydrogens (tertiary/aromatic N) is 5. The summed E-state index contributed by atoms with van der Waals surface area (Å²) in [6, 6.07) is 13.9. The predicted molar refractivity (Wildman–Crippen MR) is 114 cm³/mol. The molecule has 2 aromatic heterocycles. The minimum absolute atomic E-state index is 0.0356. The molecule has 4 aromatic rings. The number of thioether (sulfide) groups is 1. The highest BCUT2D eigenvalue weighted by Crippen LogP contribution is 2.27. The number of nitro groups is 1. The van der Waals surface area contributed by atoms with Gasteiger partial charge in [0.2, 0.25) is 5.91 Å². The fourth-order valence-corrected chi connectivity index (χ4v) is 3.63. The van der Waals surface area contributed by atoms with Crippen LogP contribution in [0.5, 0.6) is 0 Å². The molecule has 0 aliphatic rings. The molecule has 0 aliphatic heterocycles. The van der Waals surface area contributed by atoms with Crippen molar-refractivity contribution in [1.82, 2.24) is 19.7 Å². The van der Waals surface area contributed by atoms with Gasteiger partial charge in [0.15, 0.2) is 5.65 Å². The van der Waals surface area contributed by atoms with Crippen LogP contribution in [-0.4, -0.2) is 36.3 Å². The molecular formula is C20H16N6O3S. The van der Waals surface area contributed by atoms with Crippen LogP contribution in [0.25, 0.3) is 16.7 Å². The molecule has 150 valence electrons. The van der Waals surface area contributed by atoms with Crippen LogP contribution in [0.3, 0.4) is 0 Å². The summed E-state index contributed by atoms with van der Waals surface area (Å²) >= 11 is 1.22. The van der Waals surface area contributed by atoms with Gasteiger partial charge in [-0.05, 0) is 25.1 Å². The van der Waals surface area contributed by atoms with Crippen LogP contribution in [0, 0.1) is 17.0 Å². The van der Waals surface area contributed by atoms with Crippen molar-refractivity contribution in [3.63, 3.8) is 0 Å². The van der Waals surface area contributed by atoms with Crippen molar-refractivity contribution in [3.8, 4) is 5.69 Å². The molecule has 1 amide bonds. The van der Waals surface area contributed by atoms with Crippen molar-refractivity contribution in [3.05, 3.63) is 76.7 Å². The lowest BCUT2D eigenvalue weighted by Gasteiger charge is -2.06. The van der Waals surface area contributed by atoms with Crippen molar-refractivity contribution in [2.24, 2.45) is 0 Å². The molecule has 30 heavy (non-hydrogen) atoms. The first-order valence-corrected chi connectivity index (χ1v) is 9.93. The summed E-state index contributed by atoms with van der Waals surface area (Å²) in [5, 5.41) is 19.4. The molecule has 2 heterocycles. The van der Waals surface area contributed by atoms with Gasteiger partial charge in [0.25, 0.3) is 5.69 Å². The lowest BCUT2D eigenvalue weighted by molar-refractivity contribution is -0.383. The van der Waals surface area contributed by atoms with E-state index in [4.69, 9.17) is 0 Å². The molecular weight excluding hydrogens is 404 g/mol. The van der Waals surface area contributed by atoms with E-state index in [1.54, 1.807) is 23.0 Å². The highest BCUT2D eigenvalue weighted by atomic mass is 32.2. The predicted octanol–water partition coefficient (Wildman–Crippen LogP) is 3.76. The number of benzene rings is 2. The summed E-state index contributed by atoms with van der Waals surface area (Å²) in [6.45, 7) is 2.01. The van der Waals surface area contributed by atoms with Crippen LogP contribution in [0.1, 0.15) is 5.56 Å². The van der Waals surface area contributed by atoms with E-state index >= 15 is 0 Å². The molecule has 0 saturated heterocycles. The van der Waals surface area contributed by atoms with Gasteiger partial charge in [-0.1, -0.05) is 41.6 Å². The number of carbonyl (C=O) groups excluding carboxylic acids is 1. The van der Waals surface area contributed by atoms with E-state index in [1.807, 2.05) is 31.2 Å². The molecule has 0 atom stereocenters. The number of hydrogen-bond donors (Lipinski definition) is 1. The largest absolute Gasteiger partial charge is 0.320 e. The SMILES string of the molecule is Cc1ccc(-n2ncc3c(SCC(=O)Nc4ccccc4[N+](=O)[O-])ncnc32)cc1. The quantitative estimate of drug-likeness (QED) is 0.218. The Morgan fingerprint density at radius 2 is 1.93 bits per heavy atom. The molecule has 0 aliphatic carbocycles. The summed E-state index contributed by atoms with van der Waals surface area (Å²) in [6.07, 6.45) is 3.09. The molecule has 9 nitrogen and oxygen atoms in total. The number of carbonyl (C=O) groups is 1. The first-order chi connectivity index (χ1) is 14.5. The first-order valence-electron chi connectivity index (χ1n) is 8.95. The zero-order valence-corrected chi connectivity index (χ0v) is 16.7. The third kappa shape index (κ3) is 3.98. The second-order valence-electron chi connectivity index (χ2n) is 6.42. The average Bonchev–Trinajstić information content (AvgIpc) is 3.18. The third-order valence-corrected chi connectivity index (χ3v) is 5.33. The number of fused-ring (bicyclic) bond motifs is 1. The minimum atomic E-state index is -0.532. The first kappa shape index (κ1) is 19.5. The number of amides is 1. The molecule has 0 fully saturated rings. The van der Waals surface area contributed by atoms with Gasteiger partial charge in [0.1, 0.15) is 17.0 Å². The van der Waals surface area contributed by atoms with Crippen LogP contribution in [0.2, 0.25) is 0 Å². The van der Waals surface area contributed by atoms with E-state index in [9.17, 15) is 14.9 Å². The van der Waals surface area contributed by atoms with Crippen LogP contribution >= 0.6 is 11.8 Å². The minimum Gasteiger partial charge on any atom is -0.320 e. The Balaban J connectivity index is 1.52. The average molecular weight is 420 g/mol. The maximum Gasteiger partial charge on any atom is 0.292 e. The number of para-hydroxylation sites is 2. The fourth-order valence-electron chi connectivity index (χ4n) is 2.87. The van der Waals surface area contributed by atoms with Crippen molar-refractivity contribution in [2.45, 2.75) is 11.9 Å². The Morgan fingerprint density at radius 3 is 2.70 bits per heavy atom. The molecule has 2 aromatic carbocycles. The lowest BCUT2D eigenvalue weighted by Crippen LogP contribution is -2.15. The van der Waals surface area contributed by atoms with E-state index in [1.165, 1.54) is 30.2 Å². The van der Waals surface area contributed by atoms with E-state index in [0.717, 1.165) is 16.6 Å². The second kappa shape index (κ2) is 8.29. The molecule has 4 rings (SSSR count). The van der Waals surface area contributed by atoms with Crippen molar-refractivity contribution in [1.29, 1.82) is 0 Å². The number of nitrogens with one attached hydrogen (secondary N) is 1. The summed E-state index contributed by atoms with van der Waals surface area (Å²) in [5.41, 5.74) is 2.66. The molecule has 0 saturated carbocycles. The van der Waals surface area contributed by atoms with Crippen LogP contribution in [0.4, 0.5) is 11.4 Å². The van der Waals surface area contributed by atoms with Gasteiger partial charge >= 0.3 is 0 Å². The highest BCUT2D eigenvalue weighted by molar-refractivity contribution is 8.00. The van der Waals surface area contributed by atoms with Gasteiger partial charge in [0.05, 0.1) is 27.9 Å². The van der Waals surface area contributed by atoms with Crippen LogP contribution in [0.15, 0.2) is 66.1 Å². The van der Waals surface area contributed by atoms with Crippen LogP contribution in [-0.2, 0) is 4.79 Å². The smallest absolute Gasteiger partial charge is 0.292 e. The van der Waals surface area contributed by atoms with Crippen molar-refractivity contribution >= 4 is 40.1 Å². The van der Waals surface area contributed by atoms with Crippen molar-refractivity contribution < 1.29 is 9.72 Å². The fraction of sp³-hybridized carbons (Fsp3) is 0.100. The summed E-state index contributed by atoms with van der Waals surface area (Å²) < 4.78 is 1.72. The second-order valence-corrected chi connectivity index (χ2v) is 7.38. The maximum atomic E-state index is 12.3. The normalized spacial score (nSPS) is 10.8. The molecule has 0 spiro atoms. The Bertz CT molecular complexity index is 1240. The van der Waals surface area contributed by atoms with Crippen molar-refractivity contribution in [2.75, 3.05) is 11.1 Å². The zero-order valence-electron chi connectivity index (χ0n) is 15.8. The molecule has 0 bridgehead atoms. The summed E-state index contributed by atoms with van der Waals surface area (Å²) in [4.78, 5) is 31.5. The monoisotopic (exact) mass is 420 g/mol. The zero-order chi connectivity index (χ0) is 21.1. The lowest BCUT2D eigenvalue weighted by atomic mass is 10.2. The molecule has 10 heteroatoms. The highest BCUT2D eigenvalue weighted by Gasteiger charge is 2.16. The topological polar surface area (TPSA) is 116 Å². The summed E-state index contributed by atoms with van der Waals surface area (Å²) in [7, 11) is 0. The standard InChI is InChI=1S/C20H16N6O3S/c1-13-6-8-14(9-7-13)25-19-15(10-23-25)20(22-12-21-19)30-11-18(27)24-16-4-2-3-5-17(16)26(28)29/h2-10,12H,11H2,1H3,(H,24,27). The van der Waals surface area contributed by atoms with E-state index in [0.29, 0.717) is 10.7 Å². The van der Waals surface area contributed by atoms with Gasteiger partial charge in [-0.15, -0.1) is 0 Å². The van der Waals surface area contributed by atoms with Crippen LogP contribution < -0.4 is 5.32 Å². The Morgan fingerprint density at radius 1 is 1.17 bits per heavy atom. The number of hydrogen-bond acceptors (Lipinski definition) is 7. The van der Waals surface area contributed by atoms with E-state index in [2.05, 4.69) is 20.4 Å². The Labute approximate surface area is 175 Å². The number of nitro benzene ring substituents is 1. The molecule has 1 N–H and O–H groups in total. The van der Waals surface area contributed by atoms with Gasteiger partial charge in [-0.25, -0.2) is 14.6 Å². The Hall–Kier alpha value is -3.79. The van der Waals surface area contributed by atoms with Gasteiger partial charge < -0.3 is 5.32 Å². The van der Waals surface area contributed by atoms with Gasteiger partial charge in [0, 0.05) is 6.07 Å². The third-order valence-electron chi connectivity index (χ3n) is 4.32. The Kier molecular flexibility index (Phi) is 5.40. The number of anilines is 1. The van der Waals surface area contributed by atoms with Gasteiger partial charge in [-0.2, -0.15) is 5.10 Å². The van der Waals surface area contributed by atoms with Gasteiger partial charge in [-0.3, -0.25) is 14.9 Å². The molecule has 0 unspecified atom stereocenters. The molecule has 0 radical (unpaired) electrons. The summed E-state index contributed by atoms with van der Waals surface area (Å²) in [5.74, 6) is -0.333. The maximum absolute atomic E-state index is 12.3. The number of aryl methyl sites for hydroxylation is 1. The van der Waals surface area contributed by atoms with E-state index in [-0.39, 0.29) is 23.0 Å². The number of rotatable bonds is 6.